The van der Waals surface area contributed by atoms with Crippen LogP contribution in [0.5, 0.6) is 5.75 Å². The molecule has 0 fully saturated rings. The van der Waals surface area contributed by atoms with Crippen LogP contribution in [0.15, 0.2) is 24.3 Å². The molecule has 2 nitrogen and oxygen atoms in total. The molecule has 0 aliphatic heterocycles. The molecular formula is C13H20O2. The van der Waals surface area contributed by atoms with Crippen molar-refractivity contribution >= 4 is 0 Å². The van der Waals surface area contributed by atoms with E-state index in [1.54, 1.807) is 7.11 Å². The van der Waals surface area contributed by atoms with E-state index in [-0.39, 0.29) is 5.60 Å². The zero-order valence-corrected chi connectivity index (χ0v) is 10.0. The minimum Gasteiger partial charge on any atom is -0.488 e. The number of hydrogen-bond acceptors (Lipinski definition) is 2. The second-order valence-electron chi connectivity index (χ2n) is 4.26. The lowest BCUT2D eigenvalue weighted by Gasteiger charge is -2.26. The van der Waals surface area contributed by atoms with Gasteiger partial charge in [-0.25, -0.2) is 0 Å². The molecule has 15 heavy (non-hydrogen) atoms. The molecule has 0 spiro atoms. The molecule has 0 amide bonds. The monoisotopic (exact) mass is 208 g/mol. The van der Waals surface area contributed by atoms with Crippen molar-refractivity contribution in [3.8, 4) is 5.75 Å². The van der Waals surface area contributed by atoms with Crippen molar-refractivity contribution in [2.45, 2.75) is 39.4 Å². The van der Waals surface area contributed by atoms with Gasteiger partial charge in [0.15, 0.2) is 0 Å². The van der Waals surface area contributed by atoms with Crippen LogP contribution in [-0.2, 0) is 11.3 Å². The standard InChI is InChI=1S/C13H20O2/c1-5-13(2,3)15-12-9-7-6-8-11(12)10-14-4/h6-9H,5,10H2,1-4H3. The van der Waals surface area contributed by atoms with Crippen LogP contribution in [0.4, 0.5) is 0 Å². The first-order valence-corrected chi connectivity index (χ1v) is 5.35. The first-order chi connectivity index (χ1) is 7.09. The lowest BCUT2D eigenvalue weighted by atomic mass is 10.1. The van der Waals surface area contributed by atoms with Crippen LogP contribution in [0.1, 0.15) is 32.8 Å². The van der Waals surface area contributed by atoms with Crippen LogP contribution in [0.2, 0.25) is 0 Å². The summed E-state index contributed by atoms with van der Waals surface area (Å²) in [5.41, 5.74) is 0.977. The largest absolute Gasteiger partial charge is 0.488 e. The Balaban J connectivity index is 2.84. The van der Waals surface area contributed by atoms with Gasteiger partial charge < -0.3 is 9.47 Å². The minimum atomic E-state index is -0.121. The fourth-order valence-electron chi connectivity index (χ4n) is 1.25. The maximum Gasteiger partial charge on any atom is 0.125 e. The lowest BCUT2D eigenvalue weighted by Crippen LogP contribution is -2.27. The van der Waals surface area contributed by atoms with Crippen LogP contribution < -0.4 is 4.74 Å². The first kappa shape index (κ1) is 12.1. The molecule has 0 radical (unpaired) electrons. The summed E-state index contributed by atoms with van der Waals surface area (Å²) in [6, 6.07) is 8.01. The molecule has 0 aromatic heterocycles. The van der Waals surface area contributed by atoms with Crippen LogP contribution in [0, 0.1) is 0 Å². The Morgan fingerprint density at radius 1 is 1.20 bits per heavy atom. The Labute approximate surface area is 92.2 Å². The van der Waals surface area contributed by atoms with Crippen LogP contribution in [0.3, 0.4) is 0 Å². The average molecular weight is 208 g/mol. The molecule has 0 atom stereocenters. The third-order valence-corrected chi connectivity index (χ3v) is 2.51. The number of hydrogen-bond donors (Lipinski definition) is 0. The van der Waals surface area contributed by atoms with E-state index < -0.39 is 0 Å². The second kappa shape index (κ2) is 5.17. The number of benzene rings is 1. The van der Waals surface area contributed by atoms with Gasteiger partial charge in [-0.3, -0.25) is 0 Å². The fraction of sp³-hybridized carbons (Fsp3) is 0.538. The fourth-order valence-corrected chi connectivity index (χ4v) is 1.25. The molecule has 2 heteroatoms. The van der Waals surface area contributed by atoms with Crippen molar-refractivity contribution in [2.24, 2.45) is 0 Å². The van der Waals surface area contributed by atoms with E-state index in [1.165, 1.54) is 0 Å². The molecule has 0 N–H and O–H groups in total. The molecule has 1 rings (SSSR count). The molecule has 0 unspecified atom stereocenters. The van der Waals surface area contributed by atoms with Crippen LogP contribution in [0.25, 0.3) is 0 Å². The van der Waals surface area contributed by atoms with Crippen molar-refractivity contribution in [1.29, 1.82) is 0 Å². The number of methoxy groups -OCH3 is 1. The summed E-state index contributed by atoms with van der Waals surface area (Å²) in [4.78, 5) is 0. The number of para-hydroxylation sites is 1. The quantitative estimate of drug-likeness (QED) is 0.738. The Morgan fingerprint density at radius 3 is 2.47 bits per heavy atom. The predicted molar refractivity (Wildman–Crippen MR) is 62.2 cm³/mol. The van der Waals surface area contributed by atoms with Crippen molar-refractivity contribution in [1.82, 2.24) is 0 Å². The van der Waals surface area contributed by atoms with Gasteiger partial charge in [0.05, 0.1) is 6.61 Å². The van der Waals surface area contributed by atoms with Gasteiger partial charge in [0.25, 0.3) is 0 Å². The van der Waals surface area contributed by atoms with Crippen molar-refractivity contribution in [3.05, 3.63) is 29.8 Å². The maximum absolute atomic E-state index is 5.95. The van der Waals surface area contributed by atoms with E-state index in [4.69, 9.17) is 9.47 Å². The second-order valence-corrected chi connectivity index (χ2v) is 4.26. The molecule has 0 saturated carbocycles. The van der Waals surface area contributed by atoms with Gasteiger partial charge in [-0.2, -0.15) is 0 Å². The molecule has 1 aromatic carbocycles. The van der Waals surface area contributed by atoms with Crippen LogP contribution >= 0.6 is 0 Å². The molecular weight excluding hydrogens is 188 g/mol. The van der Waals surface area contributed by atoms with E-state index in [2.05, 4.69) is 20.8 Å². The number of rotatable bonds is 5. The summed E-state index contributed by atoms with van der Waals surface area (Å²) < 4.78 is 11.1. The van der Waals surface area contributed by atoms with Crippen LogP contribution in [-0.4, -0.2) is 12.7 Å². The summed E-state index contributed by atoms with van der Waals surface area (Å²) in [6.07, 6.45) is 0.980. The Bertz CT molecular complexity index is 305. The predicted octanol–water partition coefficient (Wildman–Crippen LogP) is 3.40. The summed E-state index contributed by atoms with van der Waals surface area (Å²) in [5.74, 6) is 0.922. The third kappa shape index (κ3) is 3.56. The van der Waals surface area contributed by atoms with E-state index in [1.807, 2.05) is 24.3 Å². The summed E-state index contributed by atoms with van der Waals surface area (Å²) in [7, 11) is 1.70. The topological polar surface area (TPSA) is 18.5 Å². The smallest absolute Gasteiger partial charge is 0.125 e. The van der Waals surface area contributed by atoms with Gasteiger partial charge in [0.1, 0.15) is 11.4 Å². The highest BCUT2D eigenvalue weighted by Gasteiger charge is 2.18. The molecule has 0 saturated heterocycles. The van der Waals surface area contributed by atoms with Gasteiger partial charge in [-0.15, -0.1) is 0 Å². The van der Waals surface area contributed by atoms with Crippen molar-refractivity contribution in [3.63, 3.8) is 0 Å². The summed E-state index contributed by atoms with van der Waals surface area (Å²) in [6.45, 7) is 6.90. The molecule has 0 aliphatic rings. The molecule has 84 valence electrons. The van der Waals surface area contributed by atoms with Crippen molar-refractivity contribution in [2.75, 3.05) is 7.11 Å². The Kier molecular flexibility index (Phi) is 4.15. The van der Waals surface area contributed by atoms with Gasteiger partial charge in [-0.05, 0) is 26.3 Å². The number of ether oxygens (including phenoxy) is 2. The van der Waals surface area contributed by atoms with E-state index >= 15 is 0 Å². The first-order valence-electron chi connectivity index (χ1n) is 5.35. The SMILES string of the molecule is CCC(C)(C)Oc1ccccc1COC. The molecule has 1 aromatic rings. The molecule has 0 heterocycles. The van der Waals surface area contributed by atoms with Gasteiger partial charge >= 0.3 is 0 Å². The minimum absolute atomic E-state index is 0.121. The normalized spacial score (nSPS) is 11.5. The third-order valence-electron chi connectivity index (χ3n) is 2.51. The highest BCUT2D eigenvalue weighted by Crippen LogP contribution is 2.25. The van der Waals surface area contributed by atoms with Gasteiger partial charge in [0.2, 0.25) is 0 Å². The zero-order chi connectivity index (χ0) is 11.3. The Hall–Kier alpha value is -1.02. The summed E-state index contributed by atoms with van der Waals surface area (Å²) >= 11 is 0. The lowest BCUT2D eigenvalue weighted by molar-refractivity contribution is 0.0988. The zero-order valence-electron chi connectivity index (χ0n) is 10.0. The molecule has 0 bridgehead atoms. The highest BCUT2D eigenvalue weighted by molar-refractivity contribution is 5.33. The van der Waals surface area contributed by atoms with Crippen molar-refractivity contribution < 1.29 is 9.47 Å². The average Bonchev–Trinajstić information content (AvgIpc) is 2.21. The van der Waals surface area contributed by atoms with E-state index in [9.17, 15) is 0 Å². The summed E-state index contributed by atoms with van der Waals surface area (Å²) in [5, 5.41) is 0. The van der Waals surface area contributed by atoms with Gasteiger partial charge in [0, 0.05) is 12.7 Å². The van der Waals surface area contributed by atoms with E-state index in [0.29, 0.717) is 6.61 Å². The van der Waals surface area contributed by atoms with E-state index in [0.717, 1.165) is 17.7 Å². The Morgan fingerprint density at radius 2 is 1.87 bits per heavy atom. The maximum atomic E-state index is 5.95. The van der Waals surface area contributed by atoms with Gasteiger partial charge in [-0.1, -0.05) is 25.1 Å². The molecule has 0 aliphatic carbocycles. The highest BCUT2D eigenvalue weighted by atomic mass is 16.5.